The van der Waals surface area contributed by atoms with Crippen LogP contribution >= 0.6 is 0 Å². The second kappa shape index (κ2) is 6.61. The van der Waals surface area contributed by atoms with E-state index in [2.05, 4.69) is 12.2 Å². The lowest BCUT2D eigenvalue weighted by Gasteiger charge is -2.11. The normalized spacial score (nSPS) is 19.9. The van der Waals surface area contributed by atoms with Crippen molar-refractivity contribution in [1.29, 1.82) is 0 Å². The summed E-state index contributed by atoms with van der Waals surface area (Å²) in [5.74, 6) is -1.25. The molecule has 2 N–H and O–H groups in total. The highest BCUT2D eigenvalue weighted by molar-refractivity contribution is 5.98. The summed E-state index contributed by atoms with van der Waals surface area (Å²) in [5, 5.41) is 11.6. The van der Waals surface area contributed by atoms with E-state index in [1.165, 1.54) is 0 Å². The minimum absolute atomic E-state index is 0.217. The Hall–Kier alpha value is -2.04. The molecule has 0 bridgehead atoms. The van der Waals surface area contributed by atoms with Crippen LogP contribution in [0.25, 0.3) is 0 Å². The SMILES string of the molecule is CCCCOc1ccc(NC(=O)C2CC2C(=O)O)c(C)c1. The van der Waals surface area contributed by atoms with E-state index in [0.29, 0.717) is 18.7 Å². The summed E-state index contributed by atoms with van der Waals surface area (Å²) >= 11 is 0. The van der Waals surface area contributed by atoms with Crippen LogP contribution in [0.4, 0.5) is 5.69 Å². The quantitative estimate of drug-likeness (QED) is 0.757. The monoisotopic (exact) mass is 291 g/mol. The number of carboxylic acid groups (broad SMARTS) is 1. The van der Waals surface area contributed by atoms with Gasteiger partial charge in [-0.15, -0.1) is 0 Å². The molecule has 1 aliphatic carbocycles. The third kappa shape index (κ3) is 3.97. The summed E-state index contributed by atoms with van der Waals surface area (Å²) in [6.07, 6.45) is 2.52. The molecule has 114 valence electrons. The van der Waals surface area contributed by atoms with E-state index in [1.54, 1.807) is 6.07 Å². The Morgan fingerprint density at radius 1 is 1.38 bits per heavy atom. The molecule has 0 saturated heterocycles. The smallest absolute Gasteiger partial charge is 0.307 e. The first-order valence-corrected chi connectivity index (χ1v) is 7.30. The molecule has 1 saturated carbocycles. The molecule has 2 atom stereocenters. The summed E-state index contributed by atoms with van der Waals surface area (Å²) in [4.78, 5) is 22.7. The molecule has 0 aliphatic heterocycles. The third-order valence-electron chi connectivity index (χ3n) is 3.67. The van der Waals surface area contributed by atoms with Gasteiger partial charge in [-0.3, -0.25) is 9.59 Å². The van der Waals surface area contributed by atoms with Gasteiger partial charge in [0.2, 0.25) is 5.91 Å². The number of carboxylic acids is 1. The van der Waals surface area contributed by atoms with Gasteiger partial charge in [-0.2, -0.15) is 0 Å². The molecule has 2 rings (SSSR count). The zero-order valence-electron chi connectivity index (χ0n) is 12.4. The number of benzene rings is 1. The number of anilines is 1. The van der Waals surface area contributed by atoms with Crippen molar-refractivity contribution in [1.82, 2.24) is 0 Å². The van der Waals surface area contributed by atoms with Crippen molar-refractivity contribution >= 4 is 17.6 Å². The first kappa shape index (κ1) is 15.4. The highest BCUT2D eigenvalue weighted by Crippen LogP contribution is 2.39. The van der Waals surface area contributed by atoms with Crippen LogP contribution in [0.2, 0.25) is 0 Å². The molecule has 5 heteroatoms. The fourth-order valence-corrected chi connectivity index (χ4v) is 2.18. The van der Waals surface area contributed by atoms with Gasteiger partial charge in [-0.05, 0) is 43.5 Å². The summed E-state index contributed by atoms with van der Waals surface area (Å²) in [7, 11) is 0. The number of carbonyl (C=O) groups is 2. The average Bonchev–Trinajstić information content (AvgIpc) is 3.22. The number of hydrogen-bond donors (Lipinski definition) is 2. The van der Waals surface area contributed by atoms with Crippen LogP contribution in [0.3, 0.4) is 0 Å². The number of carbonyl (C=O) groups excluding carboxylic acids is 1. The van der Waals surface area contributed by atoms with Gasteiger partial charge < -0.3 is 15.2 Å². The maximum absolute atomic E-state index is 11.9. The number of aliphatic carboxylic acids is 1. The maximum atomic E-state index is 11.9. The maximum Gasteiger partial charge on any atom is 0.307 e. The Kier molecular flexibility index (Phi) is 4.83. The molecule has 1 aliphatic rings. The lowest BCUT2D eigenvalue weighted by atomic mass is 10.2. The third-order valence-corrected chi connectivity index (χ3v) is 3.67. The Labute approximate surface area is 124 Å². The summed E-state index contributed by atoms with van der Waals surface area (Å²) in [6.45, 7) is 4.68. The van der Waals surface area contributed by atoms with Crippen molar-refractivity contribution < 1.29 is 19.4 Å². The first-order chi connectivity index (χ1) is 10.0. The lowest BCUT2D eigenvalue weighted by Crippen LogP contribution is -2.17. The van der Waals surface area contributed by atoms with Gasteiger partial charge >= 0.3 is 5.97 Å². The first-order valence-electron chi connectivity index (χ1n) is 7.30. The fraction of sp³-hybridized carbons (Fsp3) is 0.500. The molecule has 1 fully saturated rings. The Bertz CT molecular complexity index is 541. The molecule has 5 nitrogen and oxygen atoms in total. The van der Waals surface area contributed by atoms with Gasteiger partial charge in [0.1, 0.15) is 5.75 Å². The molecule has 0 heterocycles. The van der Waals surface area contributed by atoms with Crippen molar-refractivity contribution in [2.75, 3.05) is 11.9 Å². The fourth-order valence-electron chi connectivity index (χ4n) is 2.18. The van der Waals surface area contributed by atoms with Crippen LogP contribution in [0.15, 0.2) is 18.2 Å². The van der Waals surface area contributed by atoms with E-state index in [1.807, 2.05) is 19.1 Å². The van der Waals surface area contributed by atoms with Gasteiger partial charge in [0.05, 0.1) is 18.4 Å². The van der Waals surface area contributed by atoms with Crippen LogP contribution in [0.1, 0.15) is 31.7 Å². The van der Waals surface area contributed by atoms with E-state index >= 15 is 0 Å². The topological polar surface area (TPSA) is 75.6 Å². The van der Waals surface area contributed by atoms with Crippen LogP contribution in [-0.2, 0) is 9.59 Å². The number of hydrogen-bond acceptors (Lipinski definition) is 3. The Morgan fingerprint density at radius 2 is 2.14 bits per heavy atom. The zero-order chi connectivity index (χ0) is 15.4. The van der Waals surface area contributed by atoms with Crippen molar-refractivity contribution in [2.45, 2.75) is 33.1 Å². The Balaban J connectivity index is 1.92. The minimum atomic E-state index is -0.897. The number of ether oxygens (including phenoxy) is 1. The van der Waals surface area contributed by atoms with Crippen molar-refractivity contribution in [3.8, 4) is 5.75 Å². The highest BCUT2D eigenvalue weighted by Gasteiger charge is 2.48. The van der Waals surface area contributed by atoms with Crippen molar-refractivity contribution in [2.24, 2.45) is 11.8 Å². The minimum Gasteiger partial charge on any atom is -0.494 e. The van der Waals surface area contributed by atoms with Gasteiger partial charge in [0.15, 0.2) is 0 Å². The zero-order valence-corrected chi connectivity index (χ0v) is 12.4. The van der Waals surface area contributed by atoms with Gasteiger partial charge in [0.25, 0.3) is 0 Å². The van der Waals surface area contributed by atoms with E-state index in [-0.39, 0.29) is 5.91 Å². The van der Waals surface area contributed by atoms with Crippen molar-refractivity contribution in [3.63, 3.8) is 0 Å². The van der Waals surface area contributed by atoms with Crippen LogP contribution in [0.5, 0.6) is 5.75 Å². The predicted octanol–water partition coefficient (Wildman–Crippen LogP) is 2.83. The van der Waals surface area contributed by atoms with Crippen LogP contribution in [0, 0.1) is 18.8 Å². The highest BCUT2D eigenvalue weighted by atomic mass is 16.5. The summed E-state index contributed by atoms with van der Waals surface area (Å²) in [6, 6.07) is 5.50. The second-order valence-corrected chi connectivity index (χ2v) is 5.45. The van der Waals surface area contributed by atoms with E-state index < -0.39 is 17.8 Å². The van der Waals surface area contributed by atoms with E-state index in [0.717, 1.165) is 24.2 Å². The number of unbranched alkanes of at least 4 members (excludes halogenated alkanes) is 1. The summed E-state index contributed by atoms with van der Waals surface area (Å²) in [5.41, 5.74) is 1.61. The molecule has 0 spiro atoms. The van der Waals surface area contributed by atoms with Crippen LogP contribution in [-0.4, -0.2) is 23.6 Å². The molecule has 1 aromatic rings. The molecule has 2 unspecified atom stereocenters. The predicted molar refractivity (Wildman–Crippen MR) is 79.4 cm³/mol. The van der Waals surface area contributed by atoms with Crippen molar-refractivity contribution in [3.05, 3.63) is 23.8 Å². The molecular weight excluding hydrogens is 270 g/mol. The Morgan fingerprint density at radius 3 is 2.71 bits per heavy atom. The molecular formula is C16H21NO4. The largest absolute Gasteiger partial charge is 0.494 e. The molecule has 21 heavy (non-hydrogen) atoms. The second-order valence-electron chi connectivity index (χ2n) is 5.45. The molecule has 1 amide bonds. The standard InChI is InChI=1S/C16H21NO4/c1-3-4-7-21-11-5-6-14(10(2)8-11)17-15(18)12-9-13(12)16(19)20/h5-6,8,12-13H,3-4,7,9H2,1-2H3,(H,17,18)(H,19,20). The lowest BCUT2D eigenvalue weighted by molar-refractivity contribution is -0.139. The number of rotatable bonds is 7. The van der Waals surface area contributed by atoms with Gasteiger partial charge in [0, 0.05) is 5.69 Å². The average molecular weight is 291 g/mol. The van der Waals surface area contributed by atoms with Gasteiger partial charge in [-0.1, -0.05) is 13.3 Å². The van der Waals surface area contributed by atoms with Crippen LogP contribution < -0.4 is 10.1 Å². The number of amides is 1. The molecule has 1 aromatic carbocycles. The number of aryl methyl sites for hydroxylation is 1. The van der Waals surface area contributed by atoms with E-state index in [4.69, 9.17) is 9.84 Å². The van der Waals surface area contributed by atoms with E-state index in [9.17, 15) is 9.59 Å². The molecule has 0 radical (unpaired) electrons. The number of nitrogens with one attached hydrogen (secondary N) is 1. The summed E-state index contributed by atoms with van der Waals surface area (Å²) < 4.78 is 5.61. The molecule has 0 aromatic heterocycles. The van der Waals surface area contributed by atoms with Gasteiger partial charge in [-0.25, -0.2) is 0 Å².